The Labute approximate surface area is 189 Å². The van der Waals surface area contributed by atoms with Crippen molar-refractivity contribution in [1.82, 2.24) is 8.52 Å². The number of rotatable bonds is 11. The number of nitrogens with two attached hydrogens (primary N) is 1. The van der Waals surface area contributed by atoms with Crippen LogP contribution in [0.25, 0.3) is 5.69 Å². The van der Waals surface area contributed by atoms with Gasteiger partial charge in [0.15, 0.2) is 0 Å². The maximum absolute atomic E-state index is 12.7. The quantitative estimate of drug-likeness (QED) is 0.433. The number of carbonyl (C=O) groups excluding carboxylic acids is 2. The van der Waals surface area contributed by atoms with Gasteiger partial charge < -0.3 is 11.1 Å². The molecule has 0 aliphatic heterocycles. The second-order valence-corrected chi connectivity index (χ2v) is 8.38. The third-order valence-electron chi connectivity index (χ3n) is 4.94. The van der Waals surface area contributed by atoms with Gasteiger partial charge in [0.25, 0.3) is 0 Å². The summed E-state index contributed by atoms with van der Waals surface area (Å²) in [6.07, 6.45) is 3.99. The molecule has 2 amide bonds. The van der Waals surface area contributed by atoms with Crippen LogP contribution in [0.3, 0.4) is 0 Å². The van der Waals surface area contributed by atoms with Gasteiger partial charge in [0.2, 0.25) is 11.8 Å². The Morgan fingerprint density at radius 3 is 2.19 bits per heavy atom. The van der Waals surface area contributed by atoms with E-state index in [2.05, 4.69) is 5.32 Å². The van der Waals surface area contributed by atoms with Crippen molar-refractivity contribution in [1.29, 1.82) is 0 Å². The molecule has 1 aromatic heterocycles. The van der Waals surface area contributed by atoms with Crippen molar-refractivity contribution in [2.45, 2.75) is 45.1 Å². The standard InChI is InChI=1S/C23H26N4O4S/c24-20(28)10-6-1-2-7-11-21(29)25-18-12-14-19(15-13-18)27-22(30)26(23(31)32-27)16-17-8-4-3-5-9-17/h3-5,8-9,12-15H,1-2,6-7,10-11,16H2,(H2,24,28)(H,25,29). The average molecular weight is 455 g/mol. The highest BCUT2D eigenvalue weighted by Crippen LogP contribution is 2.14. The van der Waals surface area contributed by atoms with E-state index in [1.807, 2.05) is 30.3 Å². The third-order valence-corrected chi connectivity index (χ3v) is 5.87. The van der Waals surface area contributed by atoms with E-state index in [0.717, 1.165) is 42.8 Å². The summed E-state index contributed by atoms with van der Waals surface area (Å²) in [7, 11) is 0. The minimum atomic E-state index is -0.392. The first-order valence-corrected chi connectivity index (χ1v) is 11.3. The van der Waals surface area contributed by atoms with Gasteiger partial charge in [-0.3, -0.25) is 14.4 Å². The SMILES string of the molecule is NC(=O)CCCCCCC(=O)Nc1ccc(-n2sc(=O)n(Cc3ccccc3)c2=O)cc1. The molecule has 3 N–H and O–H groups in total. The van der Waals surface area contributed by atoms with Gasteiger partial charge in [0.1, 0.15) is 0 Å². The maximum Gasteiger partial charge on any atom is 0.346 e. The molecular weight excluding hydrogens is 428 g/mol. The molecular formula is C23H26N4O4S. The highest BCUT2D eigenvalue weighted by Gasteiger charge is 2.12. The van der Waals surface area contributed by atoms with Crippen molar-refractivity contribution in [2.24, 2.45) is 5.73 Å². The second-order valence-electron chi connectivity index (χ2n) is 7.48. The molecule has 3 aromatic rings. The van der Waals surface area contributed by atoms with Gasteiger partial charge in [0, 0.05) is 30.1 Å². The van der Waals surface area contributed by atoms with Crippen LogP contribution < -0.4 is 21.6 Å². The predicted octanol–water partition coefficient (Wildman–Crippen LogP) is 2.87. The Morgan fingerprint density at radius 2 is 1.53 bits per heavy atom. The average Bonchev–Trinajstić information content (AvgIpc) is 3.05. The molecule has 0 spiro atoms. The van der Waals surface area contributed by atoms with Crippen LogP contribution in [0.1, 0.15) is 44.1 Å². The van der Waals surface area contributed by atoms with E-state index in [1.54, 1.807) is 24.3 Å². The Hall–Kier alpha value is -3.46. The number of nitrogens with one attached hydrogen (secondary N) is 1. The zero-order valence-electron chi connectivity index (χ0n) is 17.7. The number of hydrogen-bond donors (Lipinski definition) is 2. The normalized spacial score (nSPS) is 10.8. The van der Waals surface area contributed by atoms with Crippen molar-refractivity contribution in [3.8, 4) is 5.69 Å². The molecule has 0 radical (unpaired) electrons. The summed E-state index contributed by atoms with van der Waals surface area (Å²) in [6.45, 7) is 0.221. The van der Waals surface area contributed by atoms with E-state index in [0.29, 0.717) is 24.2 Å². The number of primary amides is 1. The van der Waals surface area contributed by atoms with Gasteiger partial charge >= 0.3 is 10.6 Å². The number of hydrogen-bond acceptors (Lipinski definition) is 5. The molecule has 0 fully saturated rings. The fraction of sp³-hybridized carbons (Fsp3) is 0.304. The third kappa shape index (κ3) is 6.52. The number of nitrogens with zero attached hydrogens (tertiary/aromatic N) is 2. The van der Waals surface area contributed by atoms with Gasteiger partial charge in [0.05, 0.1) is 12.2 Å². The molecule has 168 valence electrons. The zero-order chi connectivity index (χ0) is 22.9. The highest BCUT2D eigenvalue weighted by atomic mass is 32.1. The molecule has 9 heteroatoms. The molecule has 3 rings (SSSR count). The van der Waals surface area contributed by atoms with Gasteiger partial charge in [-0.25, -0.2) is 13.3 Å². The minimum Gasteiger partial charge on any atom is -0.370 e. The summed E-state index contributed by atoms with van der Waals surface area (Å²) in [5.41, 5.74) is 6.77. The van der Waals surface area contributed by atoms with Crippen molar-refractivity contribution < 1.29 is 9.59 Å². The minimum absolute atomic E-state index is 0.0940. The molecule has 8 nitrogen and oxygen atoms in total. The largest absolute Gasteiger partial charge is 0.370 e. The summed E-state index contributed by atoms with van der Waals surface area (Å²) in [5.74, 6) is -0.392. The number of benzene rings is 2. The van der Waals surface area contributed by atoms with Crippen LogP contribution in [0, 0.1) is 0 Å². The van der Waals surface area contributed by atoms with Crippen molar-refractivity contribution in [3.05, 3.63) is 80.3 Å². The molecule has 0 atom stereocenters. The van der Waals surface area contributed by atoms with Crippen molar-refractivity contribution in [3.63, 3.8) is 0 Å². The second kappa shape index (κ2) is 11.2. The predicted molar refractivity (Wildman–Crippen MR) is 125 cm³/mol. The molecule has 0 saturated heterocycles. The number of aromatic nitrogens is 2. The summed E-state index contributed by atoms with van der Waals surface area (Å²) < 4.78 is 2.56. The topological polar surface area (TPSA) is 116 Å². The lowest BCUT2D eigenvalue weighted by Gasteiger charge is -2.07. The van der Waals surface area contributed by atoms with E-state index in [9.17, 15) is 19.2 Å². The highest BCUT2D eigenvalue weighted by molar-refractivity contribution is 7.03. The Morgan fingerprint density at radius 1 is 0.875 bits per heavy atom. The van der Waals surface area contributed by atoms with Crippen LogP contribution in [0.2, 0.25) is 0 Å². The fourth-order valence-corrected chi connectivity index (χ4v) is 4.06. The molecule has 2 aromatic carbocycles. The maximum atomic E-state index is 12.7. The molecule has 1 heterocycles. The molecule has 0 saturated carbocycles. The van der Waals surface area contributed by atoms with Crippen molar-refractivity contribution in [2.75, 3.05) is 5.32 Å². The van der Waals surface area contributed by atoms with Crippen molar-refractivity contribution >= 4 is 29.0 Å². The summed E-state index contributed by atoms with van der Waals surface area (Å²) >= 11 is 0.848. The van der Waals surface area contributed by atoms with E-state index in [-0.39, 0.29) is 23.2 Å². The Kier molecular flexibility index (Phi) is 8.15. The van der Waals surface area contributed by atoms with Gasteiger partial charge in [-0.1, -0.05) is 43.2 Å². The first kappa shape index (κ1) is 23.2. The Balaban J connectivity index is 1.56. The number of amides is 2. The lowest BCUT2D eigenvalue weighted by molar-refractivity contribution is -0.118. The van der Waals surface area contributed by atoms with Crippen LogP contribution in [0.4, 0.5) is 5.69 Å². The fourth-order valence-electron chi connectivity index (χ4n) is 3.26. The molecule has 0 aliphatic rings. The van der Waals surface area contributed by atoms with Gasteiger partial charge in [-0.2, -0.15) is 0 Å². The summed E-state index contributed by atoms with van der Waals surface area (Å²) in [6, 6.07) is 16.2. The Bertz CT molecular complexity index is 1160. The van der Waals surface area contributed by atoms with E-state index in [1.165, 1.54) is 8.52 Å². The molecule has 32 heavy (non-hydrogen) atoms. The first-order chi connectivity index (χ1) is 15.4. The van der Waals surface area contributed by atoms with E-state index < -0.39 is 5.69 Å². The zero-order valence-corrected chi connectivity index (χ0v) is 18.5. The lowest BCUT2D eigenvalue weighted by Crippen LogP contribution is -2.28. The smallest absolute Gasteiger partial charge is 0.346 e. The van der Waals surface area contributed by atoms with Crippen LogP contribution >= 0.6 is 11.5 Å². The lowest BCUT2D eigenvalue weighted by atomic mass is 10.1. The van der Waals surface area contributed by atoms with Gasteiger partial charge in [-0.15, -0.1) is 0 Å². The number of anilines is 1. The number of unbranched alkanes of at least 4 members (excludes halogenated alkanes) is 3. The summed E-state index contributed by atoms with van der Waals surface area (Å²) in [5, 5.41) is 2.83. The van der Waals surface area contributed by atoms with Crippen LogP contribution in [-0.4, -0.2) is 20.3 Å². The van der Waals surface area contributed by atoms with E-state index >= 15 is 0 Å². The molecule has 0 bridgehead atoms. The molecule has 0 unspecified atom stereocenters. The van der Waals surface area contributed by atoms with E-state index in [4.69, 9.17) is 5.73 Å². The number of carbonyl (C=O) groups is 2. The van der Waals surface area contributed by atoms with Crippen LogP contribution in [0.5, 0.6) is 0 Å². The van der Waals surface area contributed by atoms with Gasteiger partial charge in [-0.05, 0) is 42.7 Å². The van der Waals surface area contributed by atoms with Crippen LogP contribution in [0.15, 0.2) is 64.2 Å². The molecule has 0 aliphatic carbocycles. The summed E-state index contributed by atoms with van der Waals surface area (Å²) in [4.78, 5) is 47.5. The first-order valence-electron chi connectivity index (χ1n) is 10.5. The van der Waals surface area contributed by atoms with Crippen LogP contribution in [-0.2, 0) is 16.1 Å². The monoisotopic (exact) mass is 454 g/mol.